The van der Waals surface area contributed by atoms with Gasteiger partial charge in [0.25, 0.3) is 0 Å². The summed E-state index contributed by atoms with van der Waals surface area (Å²) in [7, 11) is 0. The number of benzene rings is 1. The molecule has 0 amide bonds. The van der Waals surface area contributed by atoms with E-state index in [0.29, 0.717) is 0 Å². The molecule has 1 atom stereocenters. The zero-order valence-electron chi connectivity index (χ0n) is 11.5. The molecule has 4 heteroatoms. The Morgan fingerprint density at radius 3 is 2.89 bits per heavy atom. The lowest BCUT2D eigenvalue weighted by Gasteiger charge is -2.33. The Kier molecular flexibility index (Phi) is 6.14. The van der Waals surface area contributed by atoms with Crippen LogP contribution in [0, 0.1) is 5.82 Å². The Hall–Kier alpha value is -0.580. The van der Waals surface area contributed by atoms with E-state index in [2.05, 4.69) is 11.2 Å². The molecular weight excluding hydrogens is 261 g/mol. The second kappa shape index (κ2) is 7.88. The van der Waals surface area contributed by atoms with Gasteiger partial charge in [0.1, 0.15) is 5.82 Å². The zero-order chi connectivity index (χ0) is 13.5. The molecule has 1 fully saturated rings. The van der Waals surface area contributed by atoms with Gasteiger partial charge in [-0.1, -0.05) is 12.1 Å². The second-order valence-corrected chi connectivity index (χ2v) is 5.96. The molecule has 106 valence electrons. The largest absolute Gasteiger partial charge is 0.375 e. The maximum atomic E-state index is 12.9. The molecule has 0 radical (unpaired) electrons. The summed E-state index contributed by atoms with van der Waals surface area (Å²) in [6.07, 6.45) is 4.51. The van der Waals surface area contributed by atoms with E-state index >= 15 is 0 Å². The first-order valence-electron chi connectivity index (χ1n) is 6.85. The van der Waals surface area contributed by atoms with Crippen molar-refractivity contribution in [1.82, 2.24) is 4.90 Å². The van der Waals surface area contributed by atoms with Crippen LogP contribution in [0.2, 0.25) is 0 Å². The first-order chi connectivity index (χ1) is 9.28. The molecule has 0 saturated carbocycles. The average Bonchev–Trinajstić information content (AvgIpc) is 2.42. The maximum Gasteiger partial charge on any atom is 0.123 e. The van der Waals surface area contributed by atoms with E-state index in [1.165, 1.54) is 24.3 Å². The lowest BCUT2D eigenvalue weighted by molar-refractivity contribution is -0.0273. The molecule has 0 bridgehead atoms. The van der Waals surface area contributed by atoms with Gasteiger partial charge in [-0.25, -0.2) is 4.39 Å². The zero-order valence-corrected chi connectivity index (χ0v) is 12.3. The Balaban J connectivity index is 1.78. The van der Waals surface area contributed by atoms with Gasteiger partial charge >= 0.3 is 0 Å². The van der Waals surface area contributed by atoms with Crippen LogP contribution in [-0.4, -0.2) is 49.3 Å². The van der Waals surface area contributed by atoms with Gasteiger partial charge in [0, 0.05) is 13.1 Å². The Labute approximate surface area is 119 Å². The molecule has 0 N–H and O–H groups in total. The predicted molar refractivity (Wildman–Crippen MR) is 79.3 cm³/mol. The van der Waals surface area contributed by atoms with Crippen molar-refractivity contribution in [3.05, 3.63) is 35.6 Å². The van der Waals surface area contributed by atoms with Crippen molar-refractivity contribution in [2.45, 2.75) is 18.9 Å². The van der Waals surface area contributed by atoms with Gasteiger partial charge in [0.05, 0.1) is 12.7 Å². The third kappa shape index (κ3) is 5.13. The van der Waals surface area contributed by atoms with Crippen molar-refractivity contribution in [2.24, 2.45) is 0 Å². The van der Waals surface area contributed by atoms with Crippen LogP contribution in [0.1, 0.15) is 12.0 Å². The molecule has 0 aromatic heterocycles. The number of rotatable bonds is 6. The van der Waals surface area contributed by atoms with Crippen molar-refractivity contribution < 1.29 is 9.13 Å². The molecule has 1 heterocycles. The van der Waals surface area contributed by atoms with Crippen LogP contribution in [0.4, 0.5) is 4.39 Å². The third-order valence-corrected chi connectivity index (χ3v) is 4.12. The molecule has 1 aromatic carbocycles. The van der Waals surface area contributed by atoms with Crippen molar-refractivity contribution in [2.75, 3.05) is 38.2 Å². The smallest absolute Gasteiger partial charge is 0.123 e. The van der Waals surface area contributed by atoms with Gasteiger partial charge < -0.3 is 4.74 Å². The third-order valence-electron chi connectivity index (χ3n) is 3.42. The van der Waals surface area contributed by atoms with E-state index in [1.54, 1.807) is 0 Å². The van der Waals surface area contributed by atoms with Crippen LogP contribution in [-0.2, 0) is 11.2 Å². The average molecular weight is 283 g/mol. The summed E-state index contributed by atoms with van der Waals surface area (Å²) in [4.78, 5) is 2.48. The molecule has 1 aliphatic rings. The summed E-state index contributed by atoms with van der Waals surface area (Å²) >= 11 is 1.90. The SMILES string of the molecule is CSCCCN1CCOC(Cc2ccc(F)cc2)C1. The molecule has 2 nitrogen and oxygen atoms in total. The van der Waals surface area contributed by atoms with E-state index in [-0.39, 0.29) is 11.9 Å². The van der Waals surface area contributed by atoms with Crippen molar-refractivity contribution in [3.63, 3.8) is 0 Å². The van der Waals surface area contributed by atoms with Gasteiger partial charge in [-0.3, -0.25) is 4.90 Å². The molecule has 1 aliphatic heterocycles. The van der Waals surface area contributed by atoms with Crippen LogP contribution >= 0.6 is 11.8 Å². The predicted octanol–water partition coefficient (Wildman–Crippen LogP) is 2.82. The number of thioether (sulfide) groups is 1. The Bertz CT molecular complexity index is 371. The van der Waals surface area contributed by atoms with Crippen LogP contribution in [0.5, 0.6) is 0 Å². The molecule has 1 unspecified atom stereocenters. The lowest BCUT2D eigenvalue weighted by atomic mass is 10.1. The highest BCUT2D eigenvalue weighted by atomic mass is 32.2. The first kappa shape index (κ1) is 14.8. The fraction of sp³-hybridized carbons (Fsp3) is 0.600. The number of hydrogen-bond acceptors (Lipinski definition) is 3. The van der Waals surface area contributed by atoms with Crippen LogP contribution in [0.15, 0.2) is 24.3 Å². The van der Waals surface area contributed by atoms with Gasteiger partial charge in [-0.05, 0) is 49.1 Å². The molecule has 1 saturated heterocycles. The number of hydrogen-bond donors (Lipinski definition) is 0. The monoisotopic (exact) mass is 283 g/mol. The lowest BCUT2D eigenvalue weighted by Crippen LogP contribution is -2.43. The van der Waals surface area contributed by atoms with Gasteiger partial charge in [-0.15, -0.1) is 0 Å². The summed E-state index contributed by atoms with van der Waals surface area (Å²) < 4.78 is 18.7. The molecule has 19 heavy (non-hydrogen) atoms. The Morgan fingerprint density at radius 2 is 2.16 bits per heavy atom. The molecule has 0 spiro atoms. The van der Waals surface area contributed by atoms with E-state index in [1.807, 2.05) is 23.9 Å². The second-order valence-electron chi connectivity index (χ2n) is 4.97. The highest BCUT2D eigenvalue weighted by Gasteiger charge is 2.20. The topological polar surface area (TPSA) is 12.5 Å². The number of nitrogens with zero attached hydrogens (tertiary/aromatic N) is 1. The summed E-state index contributed by atoms with van der Waals surface area (Å²) in [6, 6.07) is 6.75. The van der Waals surface area contributed by atoms with Crippen molar-refractivity contribution >= 4 is 11.8 Å². The number of ether oxygens (including phenoxy) is 1. The first-order valence-corrected chi connectivity index (χ1v) is 8.24. The van der Waals surface area contributed by atoms with Gasteiger partial charge in [-0.2, -0.15) is 11.8 Å². The summed E-state index contributed by atoms with van der Waals surface area (Å²) in [5, 5.41) is 0. The van der Waals surface area contributed by atoms with Crippen LogP contribution in [0.3, 0.4) is 0 Å². The van der Waals surface area contributed by atoms with Crippen LogP contribution < -0.4 is 0 Å². The fourth-order valence-electron chi connectivity index (χ4n) is 2.42. The number of morpholine rings is 1. The van der Waals surface area contributed by atoms with Crippen molar-refractivity contribution in [1.29, 1.82) is 0 Å². The van der Waals surface area contributed by atoms with E-state index in [9.17, 15) is 4.39 Å². The minimum atomic E-state index is -0.174. The molecule has 2 rings (SSSR count). The van der Waals surface area contributed by atoms with E-state index in [4.69, 9.17) is 4.74 Å². The van der Waals surface area contributed by atoms with E-state index in [0.717, 1.165) is 38.2 Å². The summed E-state index contributed by atoms with van der Waals surface area (Å²) in [5.74, 6) is 1.05. The Morgan fingerprint density at radius 1 is 1.37 bits per heavy atom. The number of halogens is 1. The highest BCUT2D eigenvalue weighted by molar-refractivity contribution is 7.98. The maximum absolute atomic E-state index is 12.9. The fourth-order valence-corrected chi connectivity index (χ4v) is 2.84. The van der Waals surface area contributed by atoms with Gasteiger partial charge in [0.2, 0.25) is 0 Å². The van der Waals surface area contributed by atoms with Crippen molar-refractivity contribution in [3.8, 4) is 0 Å². The van der Waals surface area contributed by atoms with Crippen LogP contribution in [0.25, 0.3) is 0 Å². The molecule has 1 aromatic rings. The molecule has 0 aliphatic carbocycles. The van der Waals surface area contributed by atoms with Gasteiger partial charge in [0.15, 0.2) is 0 Å². The normalized spacial score (nSPS) is 20.6. The molecular formula is C15H22FNOS. The summed E-state index contributed by atoms with van der Waals surface area (Å²) in [5.41, 5.74) is 1.15. The van der Waals surface area contributed by atoms with E-state index < -0.39 is 0 Å². The summed E-state index contributed by atoms with van der Waals surface area (Å²) in [6.45, 7) is 4.00. The minimum absolute atomic E-state index is 0.174. The quantitative estimate of drug-likeness (QED) is 0.745. The minimum Gasteiger partial charge on any atom is -0.375 e. The highest BCUT2D eigenvalue weighted by Crippen LogP contribution is 2.13. The standard InChI is InChI=1S/C15H22FNOS/c1-19-10-2-7-17-8-9-18-15(12-17)11-13-3-5-14(16)6-4-13/h3-6,15H,2,7-12H2,1H3.